The molecule has 0 aromatic heterocycles. The summed E-state index contributed by atoms with van der Waals surface area (Å²) in [5, 5.41) is 0. The molecule has 0 aliphatic heterocycles. The molecule has 0 fully saturated rings. The first kappa shape index (κ1) is 14.5. The summed E-state index contributed by atoms with van der Waals surface area (Å²) in [6.07, 6.45) is 3.26. The molecule has 0 aliphatic rings. The first-order chi connectivity index (χ1) is 8.13. The quantitative estimate of drug-likeness (QED) is 0.437. The van der Waals surface area contributed by atoms with Crippen LogP contribution in [0, 0.1) is 9.49 Å². The van der Waals surface area contributed by atoms with Crippen LogP contribution in [0.25, 0.3) is 0 Å². The summed E-state index contributed by atoms with van der Waals surface area (Å²) in [4.78, 5) is 11.6. The molecule has 0 amide bonds. The fourth-order valence-electron chi connectivity index (χ4n) is 1.47. The zero-order chi connectivity index (χ0) is 12.7. The largest absolute Gasteiger partial charge is 0.462 e. The van der Waals surface area contributed by atoms with Crippen LogP contribution in [-0.2, 0) is 4.74 Å². The first-order valence-corrected chi connectivity index (χ1v) is 7.14. The van der Waals surface area contributed by atoms with Crippen molar-refractivity contribution in [2.45, 2.75) is 33.1 Å². The zero-order valence-electron chi connectivity index (χ0n) is 10.4. The molecule has 17 heavy (non-hydrogen) atoms. The van der Waals surface area contributed by atoms with E-state index in [9.17, 15) is 4.79 Å². The number of hydrogen-bond donors (Lipinski definition) is 0. The SMILES string of the molecule is CCC(C)CCCOC(=O)c1ccc(I)cc1. The molecule has 2 nitrogen and oxygen atoms in total. The van der Waals surface area contributed by atoms with Gasteiger partial charge in [0, 0.05) is 3.57 Å². The summed E-state index contributed by atoms with van der Waals surface area (Å²) in [5.41, 5.74) is 0.633. The lowest BCUT2D eigenvalue weighted by atomic mass is 10.0. The molecule has 0 bridgehead atoms. The molecular formula is C14H19IO2. The van der Waals surface area contributed by atoms with Crippen LogP contribution in [-0.4, -0.2) is 12.6 Å². The summed E-state index contributed by atoms with van der Waals surface area (Å²) in [5.74, 6) is 0.498. The maximum Gasteiger partial charge on any atom is 0.338 e. The maximum atomic E-state index is 11.6. The summed E-state index contributed by atoms with van der Waals surface area (Å²) in [6, 6.07) is 7.43. The third-order valence-electron chi connectivity index (χ3n) is 2.85. The van der Waals surface area contributed by atoms with Crippen molar-refractivity contribution in [3.63, 3.8) is 0 Å². The van der Waals surface area contributed by atoms with E-state index in [0.717, 1.165) is 16.4 Å². The average Bonchev–Trinajstić information content (AvgIpc) is 2.34. The fourth-order valence-corrected chi connectivity index (χ4v) is 1.83. The van der Waals surface area contributed by atoms with Gasteiger partial charge in [0.15, 0.2) is 0 Å². The highest BCUT2D eigenvalue weighted by molar-refractivity contribution is 14.1. The molecule has 0 spiro atoms. The molecule has 3 heteroatoms. The maximum absolute atomic E-state index is 11.6. The second kappa shape index (κ2) is 7.69. The van der Waals surface area contributed by atoms with E-state index in [1.165, 1.54) is 6.42 Å². The lowest BCUT2D eigenvalue weighted by Crippen LogP contribution is -2.07. The molecule has 1 aromatic carbocycles. The van der Waals surface area contributed by atoms with Crippen molar-refractivity contribution in [2.24, 2.45) is 5.92 Å². The van der Waals surface area contributed by atoms with Gasteiger partial charge in [0.2, 0.25) is 0 Å². The Morgan fingerprint density at radius 3 is 2.59 bits per heavy atom. The molecule has 0 saturated heterocycles. The van der Waals surface area contributed by atoms with Gasteiger partial charge in [-0.2, -0.15) is 0 Å². The van der Waals surface area contributed by atoms with E-state index in [2.05, 4.69) is 36.4 Å². The fraction of sp³-hybridized carbons (Fsp3) is 0.500. The summed E-state index contributed by atoms with van der Waals surface area (Å²) >= 11 is 2.21. The molecule has 94 valence electrons. The number of esters is 1. The van der Waals surface area contributed by atoms with Crippen LogP contribution in [0.5, 0.6) is 0 Å². The number of halogens is 1. The lowest BCUT2D eigenvalue weighted by Gasteiger charge is -2.08. The van der Waals surface area contributed by atoms with Gasteiger partial charge in [-0.1, -0.05) is 20.3 Å². The second-order valence-corrected chi connectivity index (χ2v) is 5.54. The Labute approximate surface area is 117 Å². The Bertz CT molecular complexity index is 346. The number of rotatable bonds is 6. The summed E-state index contributed by atoms with van der Waals surface area (Å²) in [6.45, 7) is 4.93. The molecule has 0 radical (unpaired) electrons. The standard InChI is InChI=1S/C14H19IO2/c1-3-11(2)5-4-10-17-14(16)12-6-8-13(15)9-7-12/h6-9,11H,3-5,10H2,1-2H3. The van der Waals surface area contributed by atoms with Crippen molar-refractivity contribution in [1.82, 2.24) is 0 Å². The van der Waals surface area contributed by atoms with E-state index in [0.29, 0.717) is 18.1 Å². The number of benzene rings is 1. The molecule has 1 atom stereocenters. The number of ether oxygens (including phenoxy) is 1. The molecule has 0 heterocycles. The van der Waals surface area contributed by atoms with E-state index in [4.69, 9.17) is 4.74 Å². The van der Waals surface area contributed by atoms with Gasteiger partial charge < -0.3 is 4.74 Å². The van der Waals surface area contributed by atoms with E-state index in [-0.39, 0.29) is 5.97 Å². The van der Waals surface area contributed by atoms with Gasteiger partial charge in [0.05, 0.1) is 12.2 Å². The van der Waals surface area contributed by atoms with Crippen molar-refractivity contribution in [3.8, 4) is 0 Å². The zero-order valence-corrected chi connectivity index (χ0v) is 12.6. The Hall–Kier alpha value is -0.580. The number of carbonyl (C=O) groups excluding carboxylic acids is 1. The smallest absolute Gasteiger partial charge is 0.338 e. The minimum Gasteiger partial charge on any atom is -0.462 e. The van der Waals surface area contributed by atoms with E-state index >= 15 is 0 Å². The Morgan fingerprint density at radius 2 is 2.00 bits per heavy atom. The number of carbonyl (C=O) groups is 1. The molecule has 1 rings (SSSR count). The van der Waals surface area contributed by atoms with Crippen molar-refractivity contribution < 1.29 is 9.53 Å². The Morgan fingerprint density at radius 1 is 1.35 bits per heavy atom. The van der Waals surface area contributed by atoms with Crippen LogP contribution in [0.1, 0.15) is 43.5 Å². The normalized spacial score (nSPS) is 12.2. The van der Waals surface area contributed by atoms with Gasteiger partial charge in [0.25, 0.3) is 0 Å². The van der Waals surface area contributed by atoms with Gasteiger partial charge >= 0.3 is 5.97 Å². The summed E-state index contributed by atoms with van der Waals surface area (Å²) < 4.78 is 6.34. The highest BCUT2D eigenvalue weighted by Crippen LogP contribution is 2.11. The van der Waals surface area contributed by atoms with Crippen molar-refractivity contribution >= 4 is 28.6 Å². The van der Waals surface area contributed by atoms with Gasteiger partial charge in [-0.3, -0.25) is 0 Å². The van der Waals surface area contributed by atoms with Crippen LogP contribution >= 0.6 is 22.6 Å². The molecular weight excluding hydrogens is 327 g/mol. The Kier molecular flexibility index (Phi) is 6.55. The Balaban J connectivity index is 2.28. The molecule has 1 unspecified atom stereocenters. The van der Waals surface area contributed by atoms with Crippen molar-refractivity contribution in [1.29, 1.82) is 0 Å². The molecule has 1 aromatic rings. The minimum absolute atomic E-state index is 0.217. The third kappa shape index (κ3) is 5.52. The topological polar surface area (TPSA) is 26.3 Å². The van der Waals surface area contributed by atoms with Gasteiger partial charge in [-0.25, -0.2) is 4.79 Å². The third-order valence-corrected chi connectivity index (χ3v) is 3.57. The molecule has 0 aliphatic carbocycles. The predicted octanol–water partition coefficient (Wildman–Crippen LogP) is 4.27. The van der Waals surface area contributed by atoms with E-state index < -0.39 is 0 Å². The van der Waals surface area contributed by atoms with Crippen LogP contribution < -0.4 is 0 Å². The minimum atomic E-state index is -0.217. The van der Waals surface area contributed by atoms with Crippen LogP contribution in [0.2, 0.25) is 0 Å². The van der Waals surface area contributed by atoms with Gasteiger partial charge in [-0.15, -0.1) is 0 Å². The summed E-state index contributed by atoms with van der Waals surface area (Å²) in [7, 11) is 0. The van der Waals surface area contributed by atoms with E-state index in [1.54, 1.807) is 12.1 Å². The second-order valence-electron chi connectivity index (χ2n) is 4.30. The molecule has 0 saturated carbocycles. The predicted molar refractivity (Wildman–Crippen MR) is 78.1 cm³/mol. The monoisotopic (exact) mass is 346 g/mol. The van der Waals surface area contributed by atoms with E-state index in [1.807, 2.05) is 12.1 Å². The molecule has 0 N–H and O–H groups in total. The van der Waals surface area contributed by atoms with Crippen molar-refractivity contribution in [2.75, 3.05) is 6.61 Å². The van der Waals surface area contributed by atoms with Crippen LogP contribution in [0.15, 0.2) is 24.3 Å². The number of hydrogen-bond acceptors (Lipinski definition) is 2. The van der Waals surface area contributed by atoms with Crippen LogP contribution in [0.4, 0.5) is 0 Å². The highest BCUT2D eigenvalue weighted by atomic mass is 127. The van der Waals surface area contributed by atoms with Gasteiger partial charge in [0.1, 0.15) is 0 Å². The highest BCUT2D eigenvalue weighted by Gasteiger charge is 2.06. The van der Waals surface area contributed by atoms with Crippen molar-refractivity contribution in [3.05, 3.63) is 33.4 Å². The van der Waals surface area contributed by atoms with Gasteiger partial charge in [-0.05, 0) is 65.6 Å². The van der Waals surface area contributed by atoms with Crippen LogP contribution in [0.3, 0.4) is 0 Å². The lowest BCUT2D eigenvalue weighted by molar-refractivity contribution is 0.0494. The average molecular weight is 346 g/mol. The first-order valence-electron chi connectivity index (χ1n) is 6.06.